The van der Waals surface area contributed by atoms with Crippen molar-refractivity contribution in [2.75, 3.05) is 0 Å². The summed E-state index contributed by atoms with van der Waals surface area (Å²) in [6.07, 6.45) is 5.25. The third-order valence-electron chi connectivity index (χ3n) is 4.60. The van der Waals surface area contributed by atoms with Crippen LogP contribution in [-0.4, -0.2) is 25.7 Å². The second-order valence-corrected chi connectivity index (χ2v) is 6.89. The number of amides is 1. The summed E-state index contributed by atoms with van der Waals surface area (Å²) < 4.78 is 1.69. The highest BCUT2D eigenvalue weighted by Crippen LogP contribution is 2.22. The molecule has 3 heterocycles. The van der Waals surface area contributed by atoms with Gasteiger partial charge in [-0.2, -0.15) is 5.10 Å². The van der Waals surface area contributed by atoms with Crippen molar-refractivity contribution < 1.29 is 4.79 Å². The van der Waals surface area contributed by atoms with Gasteiger partial charge in [-0.1, -0.05) is 38.1 Å². The average Bonchev–Trinajstić information content (AvgIpc) is 3.26. The molecular formula is C22H21N5O. The Hall–Kier alpha value is -3.54. The molecule has 140 valence electrons. The van der Waals surface area contributed by atoms with Crippen LogP contribution in [0.15, 0.2) is 67.1 Å². The molecule has 0 aliphatic carbocycles. The molecule has 0 fully saturated rings. The van der Waals surface area contributed by atoms with E-state index in [0.29, 0.717) is 17.9 Å². The maximum Gasteiger partial charge on any atom is 0.252 e. The molecule has 3 aromatic heterocycles. The van der Waals surface area contributed by atoms with E-state index >= 15 is 0 Å². The van der Waals surface area contributed by atoms with Crippen LogP contribution in [0.1, 0.15) is 41.4 Å². The van der Waals surface area contributed by atoms with Crippen LogP contribution in [0.2, 0.25) is 0 Å². The fourth-order valence-corrected chi connectivity index (χ4v) is 3.12. The van der Waals surface area contributed by atoms with Gasteiger partial charge in [-0.15, -0.1) is 0 Å². The summed E-state index contributed by atoms with van der Waals surface area (Å²) in [5.74, 6) is 0.812. The lowest BCUT2D eigenvalue weighted by Crippen LogP contribution is -2.24. The normalized spacial score (nSPS) is 11.1. The van der Waals surface area contributed by atoms with Crippen LogP contribution in [0.25, 0.3) is 16.7 Å². The Balaban J connectivity index is 1.64. The van der Waals surface area contributed by atoms with E-state index in [1.807, 2.05) is 54.7 Å². The lowest BCUT2D eigenvalue weighted by molar-refractivity contribution is 0.0952. The van der Waals surface area contributed by atoms with Crippen LogP contribution in [0, 0.1) is 0 Å². The van der Waals surface area contributed by atoms with E-state index in [1.165, 1.54) is 0 Å². The minimum atomic E-state index is -0.129. The Morgan fingerprint density at radius 1 is 1.11 bits per heavy atom. The lowest BCUT2D eigenvalue weighted by Gasteiger charge is -2.13. The molecule has 0 atom stereocenters. The van der Waals surface area contributed by atoms with E-state index in [9.17, 15) is 4.79 Å². The monoisotopic (exact) mass is 371 g/mol. The summed E-state index contributed by atoms with van der Waals surface area (Å²) >= 11 is 0. The number of nitrogens with one attached hydrogen (secondary N) is 1. The molecule has 0 saturated carbocycles. The minimum Gasteiger partial charge on any atom is -0.348 e. The van der Waals surface area contributed by atoms with Crippen molar-refractivity contribution in [2.45, 2.75) is 26.3 Å². The second-order valence-electron chi connectivity index (χ2n) is 6.89. The number of rotatable bonds is 5. The number of benzene rings is 1. The zero-order valence-corrected chi connectivity index (χ0v) is 15.8. The Bertz CT molecular complexity index is 1120. The molecule has 1 amide bonds. The molecule has 0 aliphatic rings. The van der Waals surface area contributed by atoms with Gasteiger partial charge in [-0.3, -0.25) is 9.78 Å². The Morgan fingerprint density at radius 3 is 2.75 bits per heavy atom. The number of fused-ring (bicyclic) bond motifs is 1. The Labute approximate surface area is 163 Å². The van der Waals surface area contributed by atoms with Crippen LogP contribution in [0.3, 0.4) is 0 Å². The van der Waals surface area contributed by atoms with Crippen molar-refractivity contribution in [1.82, 2.24) is 25.1 Å². The van der Waals surface area contributed by atoms with Gasteiger partial charge in [0.05, 0.1) is 11.1 Å². The van der Waals surface area contributed by atoms with Crippen LogP contribution < -0.4 is 5.32 Å². The van der Waals surface area contributed by atoms with E-state index in [4.69, 9.17) is 0 Å². The van der Waals surface area contributed by atoms with Crippen molar-refractivity contribution in [3.63, 3.8) is 0 Å². The van der Waals surface area contributed by atoms with Crippen molar-refractivity contribution in [2.24, 2.45) is 0 Å². The van der Waals surface area contributed by atoms with Gasteiger partial charge in [0, 0.05) is 41.8 Å². The van der Waals surface area contributed by atoms with E-state index in [0.717, 1.165) is 22.2 Å². The van der Waals surface area contributed by atoms with Gasteiger partial charge in [-0.05, 0) is 30.2 Å². The highest BCUT2D eigenvalue weighted by molar-refractivity contribution is 6.06. The molecule has 4 aromatic rings. The predicted molar refractivity (Wildman–Crippen MR) is 108 cm³/mol. The fourth-order valence-electron chi connectivity index (χ4n) is 3.12. The SMILES string of the molecule is CC(C)c1cc(C(=O)NCc2cccnc2-n2cccn2)c2ccccc2n1. The highest BCUT2D eigenvalue weighted by atomic mass is 16.1. The Morgan fingerprint density at radius 2 is 1.96 bits per heavy atom. The van der Waals surface area contributed by atoms with Gasteiger partial charge >= 0.3 is 0 Å². The van der Waals surface area contributed by atoms with Crippen molar-refractivity contribution in [3.8, 4) is 5.82 Å². The van der Waals surface area contributed by atoms with Crippen molar-refractivity contribution in [3.05, 3.63) is 83.9 Å². The quantitative estimate of drug-likeness (QED) is 0.578. The van der Waals surface area contributed by atoms with E-state index in [2.05, 4.69) is 34.2 Å². The number of carbonyl (C=O) groups excluding carboxylic acids is 1. The van der Waals surface area contributed by atoms with Crippen LogP contribution in [0.4, 0.5) is 0 Å². The molecule has 0 bridgehead atoms. The molecule has 1 N–H and O–H groups in total. The zero-order chi connectivity index (χ0) is 19.5. The van der Waals surface area contributed by atoms with Gasteiger partial charge in [0.2, 0.25) is 0 Å². The molecule has 0 saturated heterocycles. The number of hydrogen-bond donors (Lipinski definition) is 1. The Kier molecular flexibility index (Phi) is 4.85. The molecule has 4 rings (SSSR count). The summed E-state index contributed by atoms with van der Waals surface area (Å²) in [5, 5.41) is 8.12. The smallest absolute Gasteiger partial charge is 0.252 e. The van der Waals surface area contributed by atoms with E-state index in [-0.39, 0.29) is 11.8 Å². The molecular weight excluding hydrogens is 350 g/mol. The number of pyridine rings is 2. The summed E-state index contributed by atoms with van der Waals surface area (Å²) in [4.78, 5) is 22.1. The molecule has 28 heavy (non-hydrogen) atoms. The lowest BCUT2D eigenvalue weighted by atomic mass is 10.0. The number of para-hydroxylation sites is 1. The van der Waals surface area contributed by atoms with Gasteiger partial charge in [0.15, 0.2) is 5.82 Å². The zero-order valence-electron chi connectivity index (χ0n) is 15.8. The first-order valence-corrected chi connectivity index (χ1v) is 9.25. The molecule has 0 spiro atoms. The maximum atomic E-state index is 13.0. The molecule has 6 nitrogen and oxygen atoms in total. The first kappa shape index (κ1) is 17.9. The van der Waals surface area contributed by atoms with Gasteiger partial charge < -0.3 is 5.32 Å². The van der Waals surface area contributed by atoms with Gasteiger partial charge in [0.1, 0.15) is 0 Å². The topological polar surface area (TPSA) is 72.7 Å². The fraction of sp³-hybridized carbons (Fsp3) is 0.182. The largest absolute Gasteiger partial charge is 0.348 e. The van der Waals surface area contributed by atoms with E-state index < -0.39 is 0 Å². The van der Waals surface area contributed by atoms with Crippen LogP contribution in [0.5, 0.6) is 0 Å². The molecule has 6 heteroatoms. The number of nitrogens with zero attached hydrogens (tertiary/aromatic N) is 4. The first-order chi connectivity index (χ1) is 13.6. The number of hydrogen-bond acceptors (Lipinski definition) is 4. The molecule has 0 aliphatic heterocycles. The third-order valence-corrected chi connectivity index (χ3v) is 4.60. The van der Waals surface area contributed by atoms with Crippen LogP contribution in [-0.2, 0) is 6.54 Å². The van der Waals surface area contributed by atoms with Gasteiger partial charge in [-0.25, -0.2) is 9.67 Å². The molecule has 0 radical (unpaired) electrons. The van der Waals surface area contributed by atoms with Crippen molar-refractivity contribution >= 4 is 16.8 Å². The minimum absolute atomic E-state index is 0.129. The highest BCUT2D eigenvalue weighted by Gasteiger charge is 2.15. The third kappa shape index (κ3) is 3.49. The summed E-state index contributed by atoms with van der Waals surface area (Å²) in [7, 11) is 0. The summed E-state index contributed by atoms with van der Waals surface area (Å²) in [6, 6.07) is 15.3. The van der Waals surface area contributed by atoms with Crippen molar-refractivity contribution in [1.29, 1.82) is 0 Å². The van der Waals surface area contributed by atoms with Crippen LogP contribution >= 0.6 is 0 Å². The average molecular weight is 371 g/mol. The summed E-state index contributed by atoms with van der Waals surface area (Å²) in [6.45, 7) is 4.51. The maximum absolute atomic E-state index is 13.0. The number of carbonyl (C=O) groups is 1. The predicted octanol–water partition coefficient (Wildman–Crippen LogP) is 3.87. The molecule has 1 aromatic carbocycles. The standard InChI is InChI=1S/C22H21N5O/c1-15(2)20-13-18(17-8-3-4-9-19(17)26-20)22(28)24-14-16-7-5-10-23-21(16)27-12-6-11-25-27/h3-13,15H,14H2,1-2H3,(H,24,28). The number of aromatic nitrogens is 4. The summed E-state index contributed by atoms with van der Waals surface area (Å²) in [5.41, 5.74) is 3.26. The first-order valence-electron chi connectivity index (χ1n) is 9.25. The second kappa shape index (κ2) is 7.60. The van der Waals surface area contributed by atoms with E-state index in [1.54, 1.807) is 17.1 Å². The molecule has 0 unspecified atom stereocenters. The van der Waals surface area contributed by atoms with Gasteiger partial charge in [0.25, 0.3) is 5.91 Å².